The van der Waals surface area contributed by atoms with Gasteiger partial charge in [0.25, 0.3) is 0 Å². The smallest absolute Gasteiger partial charge is 0.141 e. The molecule has 0 fully saturated rings. The summed E-state index contributed by atoms with van der Waals surface area (Å²) in [5, 5.41) is 0.785. The number of rotatable bonds is 4. The molecule has 0 radical (unpaired) electrons. The summed E-state index contributed by atoms with van der Waals surface area (Å²) in [6.45, 7) is 8.69. The average Bonchev–Trinajstić information content (AvgIpc) is 3.00. The van der Waals surface area contributed by atoms with E-state index in [2.05, 4.69) is 47.3 Å². The largest absolute Gasteiger partial charge is 0.397 e. The SMILES string of the molecule is C=C(N)c1nc2n(c1CCc1ccccc1Cl)CCCc1ccc(C#CC(C)(C)N)cc1-2. The number of halogens is 1. The number of hydrogen-bond donors (Lipinski definition) is 2. The molecule has 32 heavy (non-hydrogen) atoms. The predicted octanol–water partition coefficient (Wildman–Crippen LogP) is 4.95. The predicted molar refractivity (Wildman–Crippen MR) is 133 cm³/mol. The van der Waals surface area contributed by atoms with Crippen molar-refractivity contribution in [3.05, 3.63) is 82.1 Å². The van der Waals surface area contributed by atoms with E-state index in [1.54, 1.807) is 0 Å². The van der Waals surface area contributed by atoms with E-state index >= 15 is 0 Å². The number of nitrogens with zero attached hydrogens (tertiary/aromatic N) is 2. The average molecular weight is 445 g/mol. The molecule has 0 spiro atoms. The Labute approximate surface area is 195 Å². The summed E-state index contributed by atoms with van der Waals surface area (Å²) < 4.78 is 2.31. The van der Waals surface area contributed by atoms with Crippen LogP contribution in [0.2, 0.25) is 5.02 Å². The molecule has 2 aromatic carbocycles. The Kier molecular flexibility index (Phi) is 6.15. The van der Waals surface area contributed by atoms with Crippen molar-refractivity contribution in [2.45, 2.75) is 51.6 Å². The molecular weight excluding hydrogens is 416 g/mol. The lowest BCUT2D eigenvalue weighted by Crippen LogP contribution is -2.29. The third-order valence-electron chi connectivity index (χ3n) is 5.67. The summed E-state index contributed by atoms with van der Waals surface area (Å²) in [7, 11) is 0. The lowest BCUT2D eigenvalue weighted by molar-refractivity contribution is 0.631. The molecule has 0 amide bonds. The number of aromatic nitrogens is 2. The Hall–Kier alpha value is -3.00. The molecule has 0 aliphatic carbocycles. The van der Waals surface area contributed by atoms with Gasteiger partial charge in [-0.3, -0.25) is 0 Å². The van der Waals surface area contributed by atoms with Crippen LogP contribution < -0.4 is 11.5 Å². The molecule has 0 bridgehead atoms. The van der Waals surface area contributed by atoms with Crippen molar-refractivity contribution in [1.82, 2.24) is 9.55 Å². The van der Waals surface area contributed by atoms with Gasteiger partial charge in [-0.1, -0.05) is 54.3 Å². The summed E-state index contributed by atoms with van der Waals surface area (Å²) in [5.41, 5.74) is 18.5. The molecule has 0 saturated carbocycles. The summed E-state index contributed by atoms with van der Waals surface area (Å²) in [6, 6.07) is 14.3. The zero-order chi connectivity index (χ0) is 22.9. The van der Waals surface area contributed by atoms with Crippen LogP contribution in [0.25, 0.3) is 17.1 Å². The van der Waals surface area contributed by atoms with Crippen LogP contribution >= 0.6 is 11.6 Å². The Balaban J connectivity index is 1.77. The Morgan fingerprint density at radius 2 is 2.00 bits per heavy atom. The second-order valence-electron chi connectivity index (χ2n) is 8.95. The zero-order valence-electron chi connectivity index (χ0n) is 18.7. The van der Waals surface area contributed by atoms with Gasteiger partial charge in [0.2, 0.25) is 0 Å². The molecule has 4 N–H and O–H groups in total. The highest BCUT2D eigenvalue weighted by atomic mass is 35.5. The van der Waals surface area contributed by atoms with Crippen molar-refractivity contribution in [1.29, 1.82) is 0 Å². The molecule has 0 unspecified atom stereocenters. The van der Waals surface area contributed by atoms with E-state index in [1.165, 1.54) is 5.56 Å². The maximum atomic E-state index is 6.40. The standard InChI is InChI=1S/C27H29ClN4/c1-18(29)25-24(13-12-21-7-4-5-9-23(21)28)32-16-6-8-20-11-10-19(14-15-27(2,3)30)17-22(20)26(32)31-25/h4-5,7,9-11,17H,1,6,8,12-13,16,29-30H2,2-3H3. The third-order valence-corrected chi connectivity index (χ3v) is 6.04. The number of benzene rings is 2. The highest BCUT2D eigenvalue weighted by molar-refractivity contribution is 6.31. The van der Waals surface area contributed by atoms with Gasteiger partial charge in [0.15, 0.2) is 0 Å². The van der Waals surface area contributed by atoms with Crippen LogP contribution in [0.5, 0.6) is 0 Å². The Morgan fingerprint density at radius 3 is 2.72 bits per heavy atom. The van der Waals surface area contributed by atoms with E-state index in [0.717, 1.165) is 71.2 Å². The quantitative estimate of drug-likeness (QED) is 0.559. The first-order chi connectivity index (χ1) is 15.2. The summed E-state index contributed by atoms with van der Waals surface area (Å²) >= 11 is 6.40. The van der Waals surface area contributed by atoms with Crippen molar-refractivity contribution in [2.75, 3.05) is 0 Å². The topological polar surface area (TPSA) is 69.9 Å². The summed E-state index contributed by atoms with van der Waals surface area (Å²) in [5.74, 6) is 7.27. The van der Waals surface area contributed by atoms with E-state index in [0.29, 0.717) is 5.70 Å². The second-order valence-corrected chi connectivity index (χ2v) is 9.35. The van der Waals surface area contributed by atoms with Crippen molar-refractivity contribution in [3.8, 4) is 23.2 Å². The normalized spacial score (nSPS) is 12.9. The lowest BCUT2D eigenvalue weighted by atomic mass is 10.00. The number of hydrogen-bond acceptors (Lipinski definition) is 3. The van der Waals surface area contributed by atoms with Crippen LogP contribution in [0, 0.1) is 11.8 Å². The number of aryl methyl sites for hydroxylation is 2. The van der Waals surface area contributed by atoms with Gasteiger partial charge in [-0.15, -0.1) is 0 Å². The van der Waals surface area contributed by atoms with Gasteiger partial charge in [-0.2, -0.15) is 0 Å². The van der Waals surface area contributed by atoms with Crippen LogP contribution in [0.3, 0.4) is 0 Å². The van der Waals surface area contributed by atoms with Gasteiger partial charge in [0, 0.05) is 28.4 Å². The van der Waals surface area contributed by atoms with Crippen molar-refractivity contribution >= 4 is 17.3 Å². The van der Waals surface area contributed by atoms with Crippen molar-refractivity contribution < 1.29 is 0 Å². The fourth-order valence-corrected chi connectivity index (χ4v) is 4.37. The number of imidazole rings is 1. The van der Waals surface area contributed by atoms with Gasteiger partial charge in [-0.05, 0) is 68.9 Å². The van der Waals surface area contributed by atoms with E-state index < -0.39 is 5.54 Å². The molecule has 3 aromatic rings. The van der Waals surface area contributed by atoms with E-state index in [-0.39, 0.29) is 0 Å². The Bertz CT molecular complexity index is 1230. The van der Waals surface area contributed by atoms with Crippen molar-refractivity contribution in [3.63, 3.8) is 0 Å². The molecule has 1 aliphatic rings. The molecule has 2 heterocycles. The summed E-state index contributed by atoms with van der Waals surface area (Å²) in [4.78, 5) is 4.97. The first-order valence-corrected chi connectivity index (χ1v) is 11.3. The van der Waals surface area contributed by atoms with E-state index in [4.69, 9.17) is 28.1 Å². The van der Waals surface area contributed by atoms with Crippen LogP contribution in [-0.4, -0.2) is 15.1 Å². The maximum Gasteiger partial charge on any atom is 0.141 e. The molecule has 164 valence electrons. The summed E-state index contributed by atoms with van der Waals surface area (Å²) in [6.07, 6.45) is 3.64. The van der Waals surface area contributed by atoms with Crippen molar-refractivity contribution in [2.24, 2.45) is 11.5 Å². The van der Waals surface area contributed by atoms with Crippen LogP contribution in [0.4, 0.5) is 0 Å². The fourth-order valence-electron chi connectivity index (χ4n) is 4.14. The van der Waals surface area contributed by atoms with Gasteiger partial charge >= 0.3 is 0 Å². The minimum Gasteiger partial charge on any atom is -0.397 e. The molecule has 1 aromatic heterocycles. The lowest BCUT2D eigenvalue weighted by Gasteiger charge is -2.12. The van der Waals surface area contributed by atoms with Gasteiger partial charge < -0.3 is 16.0 Å². The van der Waals surface area contributed by atoms with Gasteiger partial charge in [0.05, 0.1) is 11.2 Å². The number of nitrogens with two attached hydrogens (primary N) is 2. The first kappa shape index (κ1) is 22.2. The molecule has 4 rings (SSSR count). The highest BCUT2D eigenvalue weighted by Crippen LogP contribution is 2.33. The fraction of sp³-hybridized carbons (Fsp3) is 0.296. The Morgan fingerprint density at radius 1 is 1.22 bits per heavy atom. The molecule has 4 nitrogen and oxygen atoms in total. The third kappa shape index (κ3) is 4.75. The van der Waals surface area contributed by atoms with Crippen LogP contribution in [0.1, 0.15) is 48.3 Å². The molecule has 0 saturated heterocycles. The van der Waals surface area contributed by atoms with E-state index in [9.17, 15) is 0 Å². The van der Waals surface area contributed by atoms with Gasteiger partial charge in [0.1, 0.15) is 11.5 Å². The molecule has 0 atom stereocenters. The zero-order valence-corrected chi connectivity index (χ0v) is 19.5. The van der Waals surface area contributed by atoms with E-state index in [1.807, 2.05) is 32.0 Å². The van der Waals surface area contributed by atoms with Gasteiger partial charge in [-0.25, -0.2) is 4.98 Å². The molecule has 5 heteroatoms. The monoisotopic (exact) mass is 444 g/mol. The maximum absolute atomic E-state index is 6.40. The highest BCUT2D eigenvalue weighted by Gasteiger charge is 2.23. The minimum atomic E-state index is -0.540. The first-order valence-electron chi connectivity index (χ1n) is 11.0. The molecule has 1 aliphatic heterocycles. The molecular formula is C27H29ClN4. The minimum absolute atomic E-state index is 0.488. The second kappa shape index (κ2) is 8.86. The van der Waals surface area contributed by atoms with Crippen LogP contribution in [0.15, 0.2) is 49.0 Å². The number of fused-ring (bicyclic) bond motifs is 3. The van der Waals surface area contributed by atoms with Crippen LogP contribution in [-0.2, 0) is 25.8 Å².